The van der Waals surface area contributed by atoms with Gasteiger partial charge in [0.1, 0.15) is 5.75 Å². The maximum atomic E-state index is 12.3. The van der Waals surface area contributed by atoms with E-state index >= 15 is 0 Å². The normalized spacial score (nSPS) is 20.3. The van der Waals surface area contributed by atoms with Crippen LogP contribution in [0.1, 0.15) is 31.2 Å². The number of amides is 1. The molecule has 0 unspecified atom stereocenters. The number of nitrogens with one attached hydrogen (secondary N) is 1. The molecule has 1 heterocycles. The van der Waals surface area contributed by atoms with Crippen LogP contribution in [0.2, 0.25) is 0 Å². The number of aryl methyl sites for hydroxylation is 1. The Morgan fingerprint density at radius 2 is 1.82 bits per heavy atom. The van der Waals surface area contributed by atoms with Gasteiger partial charge in [0.25, 0.3) is 5.91 Å². The standard InChI is InChI=1S/C18H26N2O2/c1-15-6-8-17(9-7-15)22-14-18(21)20-12-10-19(11-13-20)16-4-2-3-5-16/h6-9,16H,2-5,10-14H2,1H3/p+1. The summed E-state index contributed by atoms with van der Waals surface area (Å²) < 4.78 is 5.60. The van der Waals surface area contributed by atoms with Gasteiger partial charge < -0.3 is 14.5 Å². The highest BCUT2D eigenvalue weighted by atomic mass is 16.5. The lowest BCUT2D eigenvalue weighted by molar-refractivity contribution is -0.928. The van der Waals surface area contributed by atoms with Crippen molar-refractivity contribution in [1.82, 2.24) is 4.90 Å². The summed E-state index contributed by atoms with van der Waals surface area (Å²) in [6, 6.07) is 8.70. The molecule has 0 radical (unpaired) electrons. The molecule has 120 valence electrons. The molecule has 1 aliphatic carbocycles. The third kappa shape index (κ3) is 3.80. The minimum atomic E-state index is 0.117. The molecule has 1 aromatic carbocycles. The Balaban J connectivity index is 1.42. The van der Waals surface area contributed by atoms with Crippen LogP contribution in [0.5, 0.6) is 5.75 Å². The SMILES string of the molecule is Cc1ccc(OCC(=O)N2CC[NH+](C3CCCC3)CC2)cc1. The fourth-order valence-corrected chi connectivity index (χ4v) is 3.66. The van der Waals surface area contributed by atoms with Gasteiger partial charge in [0, 0.05) is 0 Å². The molecule has 1 saturated heterocycles. The molecule has 3 rings (SSSR count). The lowest BCUT2D eigenvalue weighted by Gasteiger charge is -2.35. The molecule has 1 aromatic rings. The average molecular weight is 303 g/mol. The number of carbonyl (C=O) groups is 1. The Morgan fingerprint density at radius 1 is 1.18 bits per heavy atom. The molecule has 4 heteroatoms. The third-order valence-corrected chi connectivity index (χ3v) is 5.07. The number of rotatable bonds is 4. The summed E-state index contributed by atoms with van der Waals surface area (Å²) in [6.45, 7) is 6.15. The molecule has 0 aromatic heterocycles. The van der Waals surface area contributed by atoms with Gasteiger partial charge in [-0.15, -0.1) is 0 Å². The van der Waals surface area contributed by atoms with Gasteiger partial charge in [0.05, 0.1) is 32.2 Å². The molecule has 1 amide bonds. The van der Waals surface area contributed by atoms with Crippen molar-refractivity contribution in [3.63, 3.8) is 0 Å². The first-order valence-corrected chi connectivity index (χ1v) is 8.54. The topological polar surface area (TPSA) is 34.0 Å². The van der Waals surface area contributed by atoms with E-state index < -0.39 is 0 Å². The first-order valence-electron chi connectivity index (χ1n) is 8.54. The quantitative estimate of drug-likeness (QED) is 0.902. The fourth-order valence-electron chi connectivity index (χ4n) is 3.66. The van der Waals surface area contributed by atoms with Gasteiger partial charge >= 0.3 is 0 Å². The van der Waals surface area contributed by atoms with Crippen LogP contribution in [-0.2, 0) is 4.79 Å². The van der Waals surface area contributed by atoms with Gasteiger partial charge in [-0.05, 0) is 44.7 Å². The molecular weight excluding hydrogens is 276 g/mol. The predicted molar refractivity (Wildman–Crippen MR) is 86.2 cm³/mol. The summed E-state index contributed by atoms with van der Waals surface area (Å²) in [5.41, 5.74) is 1.20. The Morgan fingerprint density at radius 3 is 2.45 bits per heavy atom. The van der Waals surface area contributed by atoms with E-state index in [9.17, 15) is 4.79 Å². The lowest BCUT2D eigenvalue weighted by Crippen LogP contribution is -3.18. The van der Waals surface area contributed by atoms with Crippen LogP contribution in [0.4, 0.5) is 0 Å². The van der Waals surface area contributed by atoms with Crippen molar-refractivity contribution in [3.05, 3.63) is 29.8 Å². The van der Waals surface area contributed by atoms with Crippen LogP contribution in [0.25, 0.3) is 0 Å². The largest absolute Gasteiger partial charge is 0.484 e. The van der Waals surface area contributed by atoms with Gasteiger partial charge in [-0.1, -0.05) is 17.7 Å². The van der Waals surface area contributed by atoms with Crippen molar-refractivity contribution in [2.45, 2.75) is 38.6 Å². The van der Waals surface area contributed by atoms with Gasteiger partial charge in [-0.3, -0.25) is 4.79 Å². The van der Waals surface area contributed by atoms with Gasteiger partial charge in [0.15, 0.2) is 6.61 Å². The van der Waals surface area contributed by atoms with Crippen LogP contribution >= 0.6 is 0 Å². The van der Waals surface area contributed by atoms with Crippen LogP contribution in [0, 0.1) is 6.92 Å². The molecule has 22 heavy (non-hydrogen) atoms. The number of ether oxygens (including phenoxy) is 1. The van der Waals surface area contributed by atoms with E-state index in [-0.39, 0.29) is 12.5 Å². The minimum Gasteiger partial charge on any atom is -0.484 e. The first kappa shape index (κ1) is 15.3. The Bertz CT molecular complexity index is 486. The Kier molecular flexibility index (Phi) is 4.98. The van der Waals surface area contributed by atoms with Crippen molar-refractivity contribution in [2.24, 2.45) is 0 Å². The molecular formula is C18H27N2O2+. The summed E-state index contributed by atoms with van der Waals surface area (Å²) >= 11 is 0. The average Bonchev–Trinajstić information content (AvgIpc) is 3.09. The van der Waals surface area contributed by atoms with Crippen molar-refractivity contribution in [3.8, 4) is 5.75 Å². The smallest absolute Gasteiger partial charge is 0.260 e. The fraction of sp³-hybridized carbons (Fsp3) is 0.611. The van der Waals surface area contributed by atoms with Gasteiger partial charge in [-0.2, -0.15) is 0 Å². The van der Waals surface area contributed by atoms with E-state index in [1.165, 1.54) is 31.2 Å². The zero-order valence-electron chi connectivity index (χ0n) is 13.5. The molecule has 2 fully saturated rings. The summed E-state index contributed by atoms with van der Waals surface area (Å²) in [4.78, 5) is 15.9. The molecule has 1 saturated carbocycles. The summed E-state index contributed by atoms with van der Waals surface area (Å²) in [6.07, 6.45) is 5.53. The van der Waals surface area contributed by atoms with Crippen LogP contribution < -0.4 is 9.64 Å². The first-order chi connectivity index (χ1) is 10.7. The van der Waals surface area contributed by atoms with E-state index in [4.69, 9.17) is 4.74 Å². The number of piperazine rings is 1. The second kappa shape index (κ2) is 7.14. The number of carbonyl (C=O) groups excluding carboxylic acids is 1. The number of hydrogen-bond acceptors (Lipinski definition) is 2. The zero-order chi connectivity index (χ0) is 15.4. The Labute approximate surface area is 133 Å². The maximum absolute atomic E-state index is 12.3. The highest BCUT2D eigenvalue weighted by Crippen LogP contribution is 2.15. The molecule has 1 aliphatic heterocycles. The van der Waals surface area contributed by atoms with Crippen molar-refractivity contribution >= 4 is 5.91 Å². The van der Waals surface area contributed by atoms with E-state index in [1.807, 2.05) is 36.1 Å². The second-order valence-electron chi connectivity index (χ2n) is 6.62. The maximum Gasteiger partial charge on any atom is 0.260 e. The highest BCUT2D eigenvalue weighted by molar-refractivity contribution is 5.77. The molecule has 0 bridgehead atoms. The van der Waals surface area contributed by atoms with Gasteiger partial charge in [-0.25, -0.2) is 0 Å². The summed E-state index contributed by atoms with van der Waals surface area (Å²) in [5, 5.41) is 0. The van der Waals surface area contributed by atoms with Crippen molar-refractivity contribution in [1.29, 1.82) is 0 Å². The second-order valence-corrected chi connectivity index (χ2v) is 6.62. The number of benzene rings is 1. The molecule has 1 N–H and O–H groups in total. The zero-order valence-corrected chi connectivity index (χ0v) is 13.5. The molecule has 2 aliphatic rings. The molecule has 0 atom stereocenters. The van der Waals surface area contributed by atoms with Gasteiger partial charge in [0.2, 0.25) is 0 Å². The molecule has 0 spiro atoms. The third-order valence-electron chi connectivity index (χ3n) is 5.07. The molecule has 4 nitrogen and oxygen atoms in total. The van der Waals surface area contributed by atoms with E-state index in [1.54, 1.807) is 4.90 Å². The number of quaternary nitrogens is 1. The monoisotopic (exact) mass is 303 g/mol. The highest BCUT2D eigenvalue weighted by Gasteiger charge is 2.30. The van der Waals surface area contributed by atoms with E-state index in [0.29, 0.717) is 0 Å². The van der Waals surface area contributed by atoms with E-state index in [0.717, 1.165) is 38.0 Å². The van der Waals surface area contributed by atoms with Crippen molar-refractivity contribution < 1.29 is 14.4 Å². The van der Waals surface area contributed by atoms with E-state index in [2.05, 4.69) is 0 Å². The summed E-state index contributed by atoms with van der Waals surface area (Å²) in [7, 11) is 0. The van der Waals surface area contributed by atoms with Crippen LogP contribution in [0.3, 0.4) is 0 Å². The lowest BCUT2D eigenvalue weighted by atomic mass is 10.2. The summed E-state index contributed by atoms with van der Waals surface area (Å²) in [5.74, 6) is 0.889. The predicted octanol–water partition coefficient (Wildman–Crippen LogP) is 1.04. The van der Waals surface area contributed by atoms with Crippen LogP contribution in [0.15, 0.2) is 24.3 Å². The van der Waals surface area contributed by atoms with Crippen molar-refractivity contribution in [2.75, 3.05) is 32.8 Å². The minimum absolute atomic E-state index is 0.117. The number of nitrogens with zero attached hydrogens (tertiary/aromatic N) is 1. The van der Waals surface area contributed by atoms with Crippen LogP contribution in [-0.4, -0.2) is 49.6 Å². The Hall–Kier alpha value is -1.55. The number of hydrogen-bond donors (Lipinski definition) is 1.